The minimum Gasteiger partial charge on any atom is -0.246 e. The zero-order valence-corrected chi connectivity index (χ0v) is 15.1. The number of nitrogens with zero attached hydrogens (tertiary/aromatic N) is 11. The van der Waals surface area contributed by atoms with Crippen LogP contribution in [0.15, 0.2) is 0 Å². The van der Waals surface area contributed by atoms with Crippen LogP contribution >= 0.6 is 0 Å². The molecule has 0 N–H and O–H groups in total. The summed E-state index contributed by atoms with van der Waals surface area (Å²) in [6, 6.07) is 9.19. The Morgan fingerprint density at radius 3 is 1.00 bits per heavy atom. The largest absolute Gasteiger partial charge is 0.246 e. The fourth-order valence-corrected chi connectivity index (χ4v) is 2.98. The molecule has 0 aliphatic carbocycles. The molecule has 1 aromatic carbocycles. The lowest BCUT2D eigenvalue weighted by Gasteiger charge is -2.10. The van der Waals surface area contributed by atoms with Crippen LogP contribution in [0.4, 0.5) is 0 Å². The number of aromatic nitrogens is 6. The van der Waals surface area contributed by atoms with E-state index in [4.69, 9.17) is 0 Å². The Morgan fingerprint density at radius 1 is 0.467 bits per heavy atom. The Bertz CT molecular complexity index is 1580. The van der Waals surface area contributed by atoms with E-state index in [1.165, 1.54) is 0 Å². The minimum atomic E-state index is -0.242. The van der Waals surface area contributed by atoms with Gasteiger partial charge in [0.15, 0.2) is 28.5 Å². The van der Waals surface area contributed by atoms with Gasteiger partial charge in [-0.05, 0) is 6.42 Å². The van der Waals surface area contributed by atoms with Crippen LogP contribution in [0.2, 0.25) is 0 Å². The molecule has 0 amide bonds. The van der Waals surface area contributed by atoms with Crippen molar-refractivity contribution >= 4 is 33.1 Å². The zero-order valence-electron chi connectivity index (χ0n) is 15.1. The van der Waals surface area contributed by atoms with Crippen molar-refractivity contribution in [1.82, 2.24) is 29.9 Å². The SMILES string of the molecule is CCc1nc2c3nc(C#N)c(C#N)nc3c3nc(C#N)c(C#N)nc3c2nc1C#N. The molecule has 0 aliphatic rings. The Labute approximate surface area is 167 Å². The van der Waals surface area contributed by atoms with E-state index in [1.54, 1.807) is 25.1 Å². The van der Waals surface area contributed by atoms with Gasteiger partial charge in [-0.15, -0.1) is 0 Å². The van der Waals surface area contributed by atoms with E-state index in [-0.39, 0.29) is 61.6 Å². The van der Waals surface area contributed by atoms with E-state index in [2.05, 4.69) is 29.9 Å². The lowest BCUT2D eigenvalue weighted by molar-refractivity contribution is 1.01. The van der Waals surface area contributed by atoms with Crippen molar-refractivity contribution in [3.05, 3.63) is 34.2 Å². The van der Waals surface area contributed by atoms with Crippen molar-refractivity contribution in [2.45, 2.75) is 13.3 Å². The third-order valence-corrected chi connectivity index (χ3v) is 4.30. The van der Waals surface area contributed by atoms with Crippen molar-refractivity contribution in [2.75, 3.05) is 0 Å². The number of hydrogen-bond acceptors (Lipinski definition) is 11. The van der Waals surface area contributed by atoms with E-state index in [9.17, 15) is 26.3 Å². The van der Waals surface area contributed by atoms with E-state index >= 15 is 0 Å². The van der Waals surface area contributed by atoms with Gasteiger partial charge in [-0.1, -0.05) is 6.92 Å². The second-order valence-electron chi connectivity index (χ2n) is 5.86. The topological polar surface area (TPSA) is 196 Å². The summed E-state index contributed by atoms with van der Waals surface area (Å²) in [6.07, 6.45) is 0.405. The Morgan fingerprint density at radius 2 is 0.733 bits per heavy atom. The molecule has 0 atom stereocenters. The number of aryl methyl sites for hydroxylation is 1. The van der Waals surface area contributed by atoms with Crippen LogP contribution in [0.3, 0.4) is 0 Å². The van der Waals surface area contributed by atoms with Crippen molar-refractivity contribution in [2.24, 2.45) is 0 Å². The molecule has 3 heterocycles. The molecule has 30 heavy (non-hydrogen) atoms. The van der Waals surface area contributed by atoms with Gasteiger partial charge in [0.2, 0.25) is 0 Å². The Kier molecular flexibility index (Phi) is 4.03. The van der Waals surface area contributed by atoms with E-state index in [0.717, 1.165) is 0 Å². The van der Waals surface area contributed by atoms with Crippen molar-refractivity contribution in [3.8, 4) is 30.3 Å². The third kappa shape index (κ3) is 2.40. The molecule has 0 bridgehead atoms. The highest BCUT2D eigenvalue weighted by Gasteiger charge is 2.22. The molecule has 0 unspecified atom stereocenters. The lowest BCUT2D eigenvalue weighted by Crippen LogP contribution is -2.06. The summed E-state index contributed by atoms with van der Waals surface area (Å²) in [5.41, 5.74) is 0.241. The minimum absolute atomic E-state index is 0.0592. The molecule has 0 spiro atoms. The van der Waals surface area contributed by atoms with Crippen molar-refractivity contribution in [1.29, 1.82) is 26.3 Å². The van der Waals surface area contributed by atoms with Crippen LogP contribution in [0.1, 0.15) is 41.1 Å². The highest BCUT2D eigenvalue weighted by molar-refractivity contribution is 6.18. The molecule has 3 aromatic heterocycles. The summed E-state index contributed by atoms with van der Waals surface area (Å²) in [4.78, 5) is 25.6. The van der Waals surface area contributed by atoms with Crippen LogP contribution in [-0.4, -0.2) is 29.9 Å². The summed E-state index contributed by atoms with van der Waals surface area (Å²) < 4.78 is 0. The number of hydrogen-bond donors (Lipinski definition) is 0. The average Bonchev–Trinajstić information content (AvgIpc) is 2.81. The van der Waals surface area contributed by atoms with Gasteiger partial charge in [0.1, 0.15) is 63.4 Å². The van der Waals surface area contributed by atoms with Crippen LogP contribution in [0, 0.1) is 56.7 Å². The maximum atomic E-state index is 9.44. The molecule has 11 nitrogen and oxygen atoms in total. The maximum absolute atomic E-state index is 9.44. The molecule has 0 saturated carbocycles. The highest BCUT2D eigenvalue weighted by atomic mass is 14.9. The normalized spacial score (nSPS) is 10.1. The molecule has 11 heteroatoms. The molecule has 136 valence electrons. The quantitative estimate of drug-likeness (QED) is 0.428. The van der Waals surface area contributed by atoms with Gasteiger partial charge in [0.05, 0.1) is 5.69 Å². The third-order valence-electron chi connectivity index (χ3n) is 4.30. The van der Waals surface area contributed by atoms with Gasteiger partial charge < -0.3 is 0 Å². The molecule has 0 saturated heterocycles. The number of benzene rings is 1. The molecule has 0 fully saturated rings. The van der Waals surface area contributed by atoms with Gasteiger partial charge in [-0.3, -0.25) is 0 Å². The van der Waals surface area contributed by atoms with Gasteiger partial charge in [0.25, 0.3) is 0 Å². The zero-order chi connectivity index (χ0) is 21.4. The van der Waals surface area contributed by atoms with Gasteiger partial charge in [0, 0.05) is 0 Å². The molecular weight excluding hydrogens is 382 g/mol. The summed E-state index contributed by atoms with van der Waals surface area (Å²) >= 11 is 0. The van der Waals surface area contributed by atoms with Gasteiger partial charge in [-0.25, -0.2) is 29.9 Å². The first-order valence-electron chi connectivity index (χ1n) is 8.36. The van der Waals surface area contributed by atoms with Crippen LogP contribution in [0.5, 0.6) is 0 Å². The fourth-order valence-electron chi connectivity index (χ4n) is 2.98. The van der Waals surface area contributed by atoms with Gasteiger partial charge in [-0.2, -0.15) is 26.3 Å². The van der Waals surface area contributed by atoms with Gasteiger partial charge >= 0.3 is 0 Å². The Hall–Kier alpha value is -5.31. The predicted molar refractivity (Wildman–Crippen MR) is 98.7 cm³/mol. The smallest absolute Gasteiger partial charge is 0.177 e. The van der Waals surface area contributed by atoms with E-state index in [1.807, 2.05) is 12.1 Å². The monoisotopic (exact) mass is 387 g/mol. The molecule has 0 radical (unpaired) electrons. The van der Waals surface area contributed by atoms with E-state index in [0.29, 0.717) is 12.1 Å². The number of fused-ring (bicyclic) bond motifs is 6. The second-order valence-corrected chi connectivity index (χ2v) is 5.86. The predicted octanol–water partition coefficient (Wildman–Crippen LogP) is 1.44. The van der Waals surface area contributed by atoms with Crippen LogP contribution in [-0.2, 0) is 6.42 Å². The van der Waals surface area contributed by atoms with E-state index < -0.39 is 0 Å². The fraction of sp³-hybridized carbons (Fsp3) is 0.105. The first-order valence-corrected chi connectivity index (χ1v) is 8.36. The highest BCUT2D eigenvalue weighted by Crippen LogP contribution is 2.31. The first-order chi connectivity index (χ1) is 14.6. The van der Waals surface area contributed by atoms with Crippen molar-refractivity contribution in [3.63, 3.8) is 0 Å². The summed E-state index contributed by atoms with van der Waals surface area (Å²) in [7, 11) is 0. The maximum Gasteiger partial charge on any atom is 0.177 e. The average molecular weight is 387 g/mol. The summed E-state index contributed by atoms with van der Waals surface area (Å²) in [5, 5.41) is 46.8. The van der Waals surface area contributed by atoms with Crippen LogP contribution < -0.4 is 0 Å². The second kappa shape index (κ2) is 6.69. The number of nitriles is 5. The lowest BCUT2D eigenvalue weighted by atomic mass is 10.1. The Balaban J connectivity index is 2.40. The number of rotatable bonds is 1. The first kappa shape index (κ1) is 18.1. The molecule has 0 aliphatic heterocycles. The molecular formula is C19H5N11. The van der Waals surface area contributed by atoms with Crippen LogP contribution in [0.25, 0.3) is 33.1 Å². The molecule has 4 aromatic rings. The van der Waals surface area contributed by atoms with Crippen molar-refractivity contribution < 1.29 is 0 Å². The standard InChI is InChI=1S/C19H5N11/c1-2-8-9(3-20)26-15-14(25-8)16-18(29-11(5-22)10(4-21)27-16)19-17(15)28-12(6-23)13(7-24)30-19/h2H2,1H3. The summed E-state index contributed by atoms with van der Waals surface area (Å²) in [5.74, 6) is 0. The molecule has 4 rings (SSSR count). The summed E-state index contributed by atoms with van der Waals surface area (Å²) in [6.45, 7) is 1.80.